The van der Waals surface area contributed by atoms with E-state index in [2.05, 4.69) is 15.2 Å². The standard InChI is InChI=1S/C29H34F3N5O2/c1-19(38)35(2)18-27(39)33-24(20-8-4-3-5-9-20)14-15-36-21-12-13-22(36)17-23(16-21)37-26-11-7-6-10-25(26)34-28(37)29(30,31)32/h3-11,21-24H,12-18H2,1-2H3,(H,33,39)/t21-,22+,23?,24-/m0/s1. The van der Waals surface area contributed by atoms with Gasteiger partial charge in [-0.25, -0.2) is 4.98 Å². The molecule has 0 aliphatic carbocycles. The minimum Gasteiger partial charge on any atom is -0.348 e. The zero-order chi connectivity index (χ0) is 27.7. The number of para-hydroxylation sites is 2. The van der Waals surface area contributed by atoms with E-state index < -0.39 is 12.0 Å². The van der Waals surface area contributed by atoms with Crippen molar-refractivity contribution in [1.29, 1.82) is 0 Å². The van der Waals surface area contributed by atoms with Crippen LogP contribution in [0.1, 0.15) is 62.5 Å². The lowest BCUT2D eigenvalue weighted by molar-refractivity contribution is -0.148. The van der Waals surface area contributed by atoms with Crippen LogP contribution in [0.3, 0.4) is 0 Å². The van der Waals surface area contributed by atoms with E-state index in [4.69, 9.17) is 0 Å². The Labute approximate surface area is 226 Å². The van der Waals surface area contributed by atoms with Crippen LogP contribution in [0.25, 0.3) is 11.0 Å². The van der Waals surface area contributed by atoms with Gasteiger partial charge in [0.2, 0.25) is 17.6 Å². The summed E-state index contributed by atoms with van der Waals surface area (Å²) in [4.78, 5) is 32.0. The molecule has 2 aliphatic heterocycles. The van der Waals surface area contributed by atoms with Gasteiger partial charge in [-0.3, -0.25) is 14.5 Å². The van der Waals surface area contributed by atoms with Crippen LogP contribution < -0.4 is 5.32 Å². The topological polar surface area (TPSA) is 70.5 Å². The zero-order valence-corrected chi connectivity index (χ0v) is 22.2. The number of hydrogen-bond acceptors (Lipinski definition) is 4. The number of likely N-dealkylation sites (N-methyl/N-ethyl adjacent to an activating group) is 1. The van der Waals surface area contributed by atoms with Gasteiger partial charge in [0.25, 0.3) is 0 Å². The van der Waals surface area contributed by atoms with E-state index in [1.165, 1.54) is 16.4 Å². The van der Waals surface area contributed by atoms with Crippen LogP contribution in [0.2, 0.25) is 0 Å². The zero-order valence-electron chi connectivity index (χ0n) is 22.2. The molecule has 2 amide bonds. The Kier molecular flexibility index (Phi) is 7.66. The number of carbonyl (C=O) groups excluding carboxylic acids is 2. The lowest BCUT2D eigenvalue weighted by atomic mass is 9.95. The van der Waals surface area contributed by atoms with Crippen LogP contribution in [0, 0.1) is 0 Å². The molecule has 3 aromatic rings. The number of benzene rings is 2. The van der Waals surface area contributed by atoms with Gasteiger partial charge in [-0.05, 0) is 49.8 Å². The quantitative estimate of drug-likeness (QED) is 0.438. The molecule has 10 heteroatoms. The van der Waals surface area contributed by atoms with Gasteiger partial charge in [-0.1, -0.05) is 42.5 Å². The third-order valence-corrected chi connectivity index (χ3v) is 8.21. The highest BCUT2D eigenvalue weighted by atomic mass is 19.4. The maximum Gasteiger partial charge on any atom is 0.449 e. The van der Waals surface area contributed by atoms with Gasteiger partial charge < -0.3 is 14.8 Å². The van der Waals surface area contributed by atoms with Crippen molar-refractivity contribution in [3.63, 3.8) is 0 Å². The number of fused-ring (bicyclic) bond motifs is 3. The van der Waals surface area contributed by atoms with Crippen LogP contribution >= 0.6 is 0 Å². The van der Waals surface area contributed by atoms with Crippen LogP contribution in [-0.4, -0.2) is 63.4 Å². The first-order chi connectivity index (χ1) is 18.6. The van der Waals surface area contributed by atoms with E-state index in [0.29, 0.717) is 30.3 Å². The smallest absolute Gasteiger partial charge is 0.348 e. The van der Waals surface area contributed by atoms with Gasteiger partial charge in [0.15, 0.2) is 0 Å². The predicted molar refractivity (Wildman–Crippen MR) is 142 cm³/mol. The van der Waals surface area contributed by atoms with Crippen molar-refractivity contribution < 1.29 is 22.8 Å². The normalized spacial score (nSPS) is 22.1. The number of piperidine rings is 1. The first-order valence-corrected chi connectivity index (χ1v) is 13.5. The maximum atomic E-state index is 14.0. The fourth-order valence-electron chi connectivity index (χ4n) is 6.29. The summed E-state index contributed by atoms with van der Waals surface area (Å²) in [6.45, 7) is 2.13. The molecule has 7 nitrogen and oxygen atoms in total. The van der Waals surface area contributed by atoms with E-state index >= 15 is 0 Å². The first-order valence-electron chi connectivity index (χ1n) is 13.5. The van der Waals surface area contributed by atoms with Crippen molar-refractivity contribution in [2.75, 3.05) is 20.1 Å². The van der Waals surface area contributed by atoms with Gasteiger partial charge in [0.05, 0.1) is 23.6 Å². The Hall–Kier alpha value is -3.40. The van der Waals surface area contributed by atoms with Gasteiger partial charge in [0, 0.05) is 38.6 Å². The molecule has 2 saturated heterocycles. The minimum atomic E-state index is -4.52. The molecule has 2 bridgehead atoms. The number of nitrogens with one attached hydrogen (secondary N) is 1. The number of nitrogens with zero attached hydrogens (tertiary/aromatic N) is 4. The SMILES string of the molecule is CC(=O)N(C)CC(=O)N[C@@H](CCN1[C@@H]2CC[C@H]1CC(n1c(C(F)(F)F)nc3ccccc31)C2)c1ccccc1. The van der Waals surface area contributed by atoms with E-state index in [0.717, 1.165) is 24.9 Å². The summed E-state index contributed by atoms with van der Waals surface area (Å²) in [6, 6.07) is 16.4. The molecule has 0 spiro atoms. The largest absolute Gasteiger partial charge is 0.449 e. The summed E-state index contributed by atoms with van der Waals surface area (Å²) in [7, 11) is 1.59. The van der Waals surface area contributed by atoms with Crippen molar-refractivity contribution in [2.45, 2.75) is 69.4 Å². The fourth-order valence-corrected chi connectivity index (χ4v) is 6.29. The highest BCUT2D eigenvalue weighted by Gasteiger charge is 2.45. The second-order valence-electron chi connectivity index (χ2n) is 10.7. The summed E-state index contributed by atoms with van der Waals surface area (Å²) in [5.74, 6) is -1.22. The summed E-state index contributed by atoms with van der Waals surface area (Å²) in [6.07, 6.45) is -0.703. The van der Waals surface area contributed by atoms with Gasteiger partial charge in [-0.2, -0.15) is 13.2 Å². The van der Waals surface area contributed by atoms with Crippen molar-refractivity contribution in [3.05, 3.63) is 66.0 Å². The second kappa shape index (κ2) is 11.0. The lowest BCUT2D eigenvalue weighted by Crippen LogP contribution is -2.45. The number of amides is 2. The Morgan fingerprint density at radius 2 is 1.67 bits per heavy atom. The lowest BCUT2D eigenvalue weighted by Gasteiger charge is -2.40. The van der Waals surface area contributed by atoms with Crippen LogP contribution in [-0.2, 0) is 15.8 Å². The molecule has 4 atom stereocenters. The van der Waals surface area contributed by atoms with Gasteiger partial charge >= 0.3 is 6.18 Å². The van der Waals surface area contributed by atoms with Crippen molar-refractivity contribution >= 4 is 22.8 Å². The second-order valence-corrected chi connectivity index (χ2v) is 10.7. The average molecular weight is 542 g/mol. The van der Waals surface area contributed by atoms with E-state index in [1.54, 1.807) is 31.3 Å². The average Bonchev–Trinajstić information content (AvgIpc) is 3.41. The third-order valence-electron chi connectivity index (χ3n) is 8.21. The summed E-state index contributed by atoms with van der Waals surface area (Å²) in [5.41, 5.74) is 1.89. The number of imidazole rings is 1. The Morgan fingerprint density at radius 1 is 1.03 bits per heavy atom. The fraction of sp³-hybridized carbons (Fsp3) is 0.483. The Morgan fingerprint density at radius 3 is 2.31 bits per heavy atom. The molecule has 1 N–H and O–H groups in total. The Balaban J connectivity index is 1.31. The summed E-state index contributed by atoms with van der Waals surface area (Å²) >= 11 is 0. The van der Waals surface area contributed by atoms with Crippen molar-refractivity contribution in [1.82, 2.24) is 24.7 Å². The van der Waals surface area contributed by atoms with Crippen LogP contribution in [0.4, 0.5) is 13.2 Å². The molecule has 2 fully saturated rings. The van der Waals surface area contributed by atoms with Crippen molar-refractivity contribution in [3.8, 4) is 0 Å². The molecule has 3 heterocycles. The molecule has 2 aromatic carbocycles. The number of hydrogen-bond donors (Lipinski definition) is 1. The minimum absolute atomic E-state index is 0.0181. The molecule has 208 valence electrons. The Bertz CT molecular complexity index is 1310. The molecule has 0 saturated carbocycles. The third kappa shape index (κ3) is 5.80. The van der Waals surface area contributed by atoms with Gasteiger partial charge in [0.1, 0.15) is 0 Å². The van der Waals surface area contributed by atoms with Crippen LogP contribution in [0.15, 0.2) is 54.6 Å². The van der Waals surface area contributed by atoms with E-state index in [1.807, 2.05) is 30.3 Å². The number of alkyl halides is 3. The molecule has 5 rings (SSSR count). The summed E-state index contributed by atoms with van der Waals surface area (Å²) in [5, 5.41) is 3.09. The summed E-state index contributed by atoms with van der Waals surface area (Å²) < 4.78 is 43.4. The first kappa shape index (κ1) is 27.2. The van der Waals surface area contributed by atoms with Gasteiger partial charge in [-0.15, -0.1) is 0 Å². The molecule has 39 heavy (non-hydrogen) atoms. The predicted octanol–water partition coefficient (Wildman–Crippen LogP) is 4.95. The van der Waals surface area contributed by atoms with Crippen molar-refractivity contribution in [2.24, 2.45) is 0 Å². The highest BCUT2D eigenvalue weighted by molar-refractivity contribution is 5.83. The number of carbonyl (C=O) groups is 2. The van der Waals surface area contributed by atoms with E-state index in [-0.39, 0.29) is 42.5 Å². The number of halogens is 3. The molecule has 1 unspecified atom stereocenters. The number of rotatable bonds is 8. The monoisotopic (exact) mass is 541 g/mol. The molecular formula is C29H34F3N5O2. The highest BCUT2D eigenvalue weighted by Crippen LogP contribution is 2.44. The van der Waals surface area contributed by atoms with E-state index in [9.17, 15) is 22.8 Å². The molecule has 2 aliphatic rings. The molecule has 1 aromatic heterocycles. The molecular weight excluding hydrogens is 507 g/mol. The number of aromatic nitrogens is 2. The van der Waals surface area contributed by atoms with Crippen LogP contribution in [0.5, 0.6) is 0 Å². The molecule has 0 radical (unpaired) electrons. The maximum absolute atomic E-state index is 14.0.